The summed E-state index contributed by atoms with van der Waals surface area (Å²) in [5.41, 5.74) is 3.52. The molecule has 196 valence electrons. The molecule has 1 fully saturated rings. The van der Waals surface area contributed by atoms with Crippen molar-refractivity contribution >= 4 is 6.08 Å². The maximum Gasteiger partial charge on any atom is 0.573 e. The number of hydrogen-bond donors (Lipinski definition) is 0. The summed E-state index contributed by atoms with van der Waals surface area (Å²) in [6, 6.07) is 6.17. The molecule has 6 heteroatoms. The molecule has 1 saturated carbocycles. The van der Waals surface area contributed by atoms with Gasteiger partial charge in [0.25, 0.3) is 0 Å². The van der Waals surface area contributed by atoms with Gasteiger partial charge in [-0.05, 0) is 78.5 Å². The minimum absolute atomic E-state index is 0.179. The van der Waals surface area contributed by atoms with Crippen LogP contribution in [0.5, 0.6) is 5.75 Å². The van der Waals surface area contributed by atoms with Gasteiger partial charge < -0.3 is 4.74 Å². The first-order valence-corrected chi connectivity index (χ1v) is 13.3. The summed E-state index contributed by atoms with van der Waals surface area (Å²) < 4.78 is 70.0. The van der Waals surface area contributed by atoms with Gasteiger partial charge in [-0.2, -0.15) is 0 Å². The Morgan fingerprint density at radius 2 is 1.58 bits per heavy atom. The Hall–Kier alpha value is -2.37. The third-order valence-electron chi connectivity index (χ3n) is 7.83. The third kappa shape index (κ3) is 7.10. The Kier molecular flexibility index (Phi) is 8.74. The molecule has 0 heterocycles. The van der Waals surface area contributed by atoms with Gasteiger partial charge in [0.15, 0.2) is 11.6 Å². The molecule has 2 aromatic rings. The fraction of sp³-hybridized carbons (Fsp3) is 0.533. The predicted octanol–water partition coefficient (Wildman–Crippen LogP) is 10.0. The molecule has 0 spiro atoms. The van der Waals surface area contributed by atoms with E-state index in [-0.39, 0.29) is 11.1 Å². The molecule has 2 aliphatic carbocycles. The summed E-state index contributed by atoms with van der Waals surface area (Å²) in [5, 5.41) is 0. The molecule has 0 radical (unpaired) electrons. The van der Waals surface area contributed by atoms with Crippen molar-refractivity contribution in [3.8, 4) is 16.9 Å². The Morgan fingerprint density at radius 3 is 2.25 bits per heavy atom. The molecule has 36 heavy (non-hydrogen) atoms. The van der Waals surface area contributed by atoms with E-state index in [0.29, 0.717) is 0 Å². The molecule has 0 bridgehead atoms. The maximum atomic E-state index is 15.0. The van der Waals surface area contributed by atoms with E-state index in [9.17, 15) is 22.0 Å². The summed E-state index contributed by atoms with van der Waals surface area (Å²) in [4.78, 5) is 0. The van der Waals surface area contributed by atoms with E-state index >= 15 is 0 Å². The molecule has 0 atom stereocenters. The molecule has 0 amide bonds. The zero-order valence-electron chi connectivity index (χ0n) is 20.9. The molecular formula is C30H35F5O. The van der Waals surface area contributed by atoms with E-state index in [2.05, 4.69) is 17.7 Å². The number of halogens is 5. The molecule has 2 aliphatic rings. The van der Waals surface area contributed by atoms with E-state index in [0.717, 1.165) is 54.4 Å². The van der Waals surface area contributed by atoms with E-state index in [1.807, 2.05) is 0 Å². The largest absolute Gasteiger partial charge is 0.573 e. The number of alkyl halides is 3. The molecule has 0 aromatic heterocycles. The van der Waals surface area contributed by atoms with Crippen LogP contribution in [-0.2, 0) is 6.42 Å². The first-order valence-electron chi connectivity index (χ1n) is 13.3. The molecular weight excluding hydrogens is 471 g/mol. The monoisotopic (exact) mass is 506 g/mol. The van der Waals surface area contributed by atoms with Crippen LogP contribution in [0.2, 0.25) is 0 Å². The molecule has 1 nitrogen and oxygen atoms in total. The van der Waals surface area contributed by atoms with Gasteiger partial charge in [0.2, 0.25) is 0 Å². The van der Waals surface area contributed by atoms with E-state index in [1.165, 1.54) is 75.5 Å². The van der Waals surface area contributed by atoms with Gasteiger partial charge >= 0.3 is 6.36 Å². The molecule has 0 saturated heterocycles. The van der Waals surface area contributed by atoms with Crippen molar-refractivity contribution in [2.45, 2.75) is 90.3 Å². The fourth-order valence-electron chi connectivity index (χ4n) is 5.75. The van der Waals surface area contributed by atoms with Crippen LogP contribution >= 0.6 is 0 Å². The number of fused-ring (bicyclic) bond motifs is 1. The summed E-state index contributed by atoms with van der Waals surface area (Å²) in [6.07, 6.45) is 11.7. The van der Waals surface area contributed by atoms with Gasteiger partial charge in [-0.25, -0.2) is 8.78 Å². The lowest BCUT2D eigenvalue weighted by Crippen LogP contribution is -2.17. The normalized spacial score (nSPS) is 20.1. The van der Waals surface area contributed by atoms with Crippen molar-refractivity contribution < 1.29 is 26.7 Å². The highest BCUT2D eigenvalue weighted by Crippen LogP contribution is 2.38. The van der Waals surface area contributed by atoms with Crippen molar-refractivity contribution in [2.24, 2.45) is 11.8 Å². The second-order valence-electron chi connectivity index (χ2n) is 10.4. The number of rotatable bonds is 9. The lowest BCUT2D eigenvalue weighted by Gasteiger charge is -2.29. The quantitative estimate of drug-likeness (QED) is 0.243. The van der Waals surface area contributed by atoms with E-state index in [1.54, 1.807) is 6.07 Å². The molecule has 0 unspecified atom stereocenters. The summed E-state index contributed by atoms with van der Waals surface area (Å²) in [6.45, 7) is 2.25. The van der Waals surface area contributed by atoms with Crippen LogP contribution in [0.1, 0.15) is 88.7 Å². The number of benzene rings is 2. The van der Waals surface area contributed by atoms with E-state index in [4.69, 9.17) is 0 Å². The number of aryl methyl sites for hydroxylation is 1. The van der Waals surface area contributed by atoms with Crippen molar-refractivity contribution in [3.63, 3.8) is 0 Å². The van der Waals surface area contributed by atoms with Gasteiger partial charge in [-0.3, -0.25) is 0 Å². The van der Waals surface area contributed by atoms with Crippen LogP contribution in [0.25, 0.3) is 17.2 Å². The zero-order chi connectivity index (χ0) is 25.7. The highest BCUT2D eigenvalue weighted by atomic mass is 19.4. The smallest absolute Gasteiger partial charge is 0.403 e. The van der Waals surface area contributed by atoms with Crippen molar-refractivity contribution in [3.05, 3.63) is 58.7 Å². The third-order valence-corrected chi connectivity index (χ3v) is 7.83. The van der Waals surface area contributed by atoms with Crippen molar-refractivity contribution in [1.29, 1.82) is 0 Å². The summed E-state index contributed by atoms with van der Waals surface area (Å²) in [7, 11) is 0. The minimum Gasteiger partial charge on any atom is -0.403 e. The Morgan fingerprint density at radius 1 is 0.861 bits per heavy atom. The van der Waals surface area contributed by atoms with Gasteiger partial charge in [-0.1, -0.05) is 76.0 Å². The summed E-state index contributed by atoms with van der Waals surface area (Å²) in [5.74, 6) is -0.932. The Bertz CT molecular complexity index is 1060. The highest BCUT2D eigenvalue weighted by Gasteiger charge is 2.32. The average molecular weight is 507 g/mol. The van der Waals surface area contributed by atoms with Gasteiger partial charge in [0, 0.05) is 5.56 Å². The first kappa shape index (κ1) is 26.7. The number of allylic oxidation sites excluding steroid dienone is 1. The van der Waals surface area contributed by atoms with Gasteiger partial charge in [0.1, 0.15) is 5.82 Å². The van der Waals surface area contributed by atoms with Crippen LogP contribution in [0.3, 0.4) is 0 Å². The van der Waals surface area contributed by atoms with E-state index < -0.39 is 23.7 Å². The first-order chi connectivity index (χ1) is 17.2. The lowest BCUT2D eigenvalue weighted by atomic mass is 9.77. The van der Waals surface area contributed by atoms with Gasteiger partial charge in [0.05, 0.1) is 0 Å². The highest BCUT2D eigenvalue weighted by molar-refractivity contribution is 5.71. The standard InChI is InChI=1S/C30H35F5O/c1-2-3-4-5-20-6-8-21(9-7-20)10-11-22-12-13-23-17-26(27(31)19-25(23)16-22)24-14-15-29(28(32)18-24)36-30(33,34)35/h14-21H,2-13H2,1H3. The van der Waals surface area contributed by atoms with Gasteiger partial charge in [-0.15, -0.1) is 13.2 Å². The maximum absolute atomic E-state index is 15.0. The predicted molar refractivity (Wildman–Crippen MR) is 134 cm³/mol. The number of ether oxygens (including phenoxy) is 1. The summed E-state index contributed by atoms with van der Waals surface area (Å²) >= 11 is 0. The lowest BCUT2D eigenvalue weighted by molar-refractivity contribution is -0.275. The number of hydrogen-bond acceptors (Lipinski definition) is 1. The molecule has 0 N–H and O–H groups in total. The molecule has 4 rings (SSSR count). The topological polar surface area (TPSA) is 9.23 Å². The average Bonchev–Trinajstić information content (AvgIpc) is 2.84. The molecule has 2 aromatic carbocycles. The van der Waals surface area contributed by atoms with Crippen LogP contribution in [-0.4, -0.2) is 6.36 Å². The Balaban J connectivity index is 1.37. The second kappa shape index (κ2) is 11.8. The van der Waals surface area contributed by atoms with Crippen molar-refractivity contribution in [1.82, 2.24) is 0 Å². The Labute approximate surface area is 210 Å². The zero-order valence-corrected chi connectivity index (χ0v) is 20.9. The van der Waals surface area contributed by atoms with Crippen LogP contribution in [0, 0.1) is 23.5 Å². The van der Waals surface area contributed by atoms with Crippen molar-refractivity contribution in [2.75, 3.05) is 0 Å². The second-order valence-corrected chi connectivity index (χ2v) is 10.4. The minimum atomic E-state index is -4.99. The fourth-order valence-corrected chi connectivity index (χ4v) is 5.75. The SMILES string of the molecule is CCCCCC1CCC(CCC2=Cc3cc(F)c(-c4ccc(OC(F)(F)F)c(F)c4)cc3CC2)CC1. The van der Waals surface area contributed by atoms with Crippen LogP contribution in [0.4, 0.5) is 22.0 Å². The van der Waals surface area contributed by atoms with Crippen LogP contribution in [0.15, 0.2) is 35.9 Å². The number of unbranched alkanes of at least 4 members (excludes halogenated alkanes) is 2. The van der Waals surface area contributed by atoms with Crippen LogP contribution < -0.4 is 4.74 Å². The molecule has 0 aliphatic heterocycles.